The smallest absolute Gasteiger partial charge is 0.171 e. The summed E-state index contributed by atoms with van der Waals surface area (Å²) < 4.78 is 0. The highest BCUT2D eigenvalue weighted by Gasteiger charge is 2.02. The third-order valence-corrected chi connectivity index (χ3v) is 3.19. The molecule has 0 spiro atoms. The second-order valence-electron chi connectivity index (χ2n) is 4.86. The summed E-state index contributed by atoms with van der Waals surface area (Å²) in [7, 11) is 4.26. The van der Waals surface area contributed by atoms with Crippen LogP contribution in [0.2, 0.25) is 0 Å². The van der Waals surface area contributed by atoms with Crippen LogP contribution in [0.25, 0.3) is 10.8 Å². The van der Waals surface area contributed by atoms with Gasteiger partial charge in [-0.25, -0.2) is 0 Å². The molecule has 0 radical (unpaired) electrons. The highest BCUT2D eigenvalue weighted by molar-refractivity contribution is 7.80. The van der Waals surface area contributed by atoms with Gasteiger partial charge in [0.15, 0.2) is 5.11 Å². The quantitative estimate of drug-likeness (QED) is 0.733. The largest absolute Gasteiger partial charge is 0.357 e. The van der Waals surface area contributed by atoms with E-state index in [9.17, 15) is 0 Å². The molecule has 2 aromatic carbocycles. The zero-order valence-electron chi connectivity index (χ0n) is 11.4. The molecule has 100 valence electrons. The van der Waals surface area contributed by atoms with E-state index in [4.69, 9.17) is 12.2 Å². The molecule has 0 saturated carbocycles. The van der Waals surface area contributed by atoms with Gasteiger partial charge in [0.25, 0.3) is 0 Å². The van der Waals surface area contributed by atoms with Gasteiger partial charge in [0.05, 0.1) is 27.2 Å². The maximum absolute atomic E-state index is 5.32. The van der Waals surface area contributed by atoms with Crippen molar-refractivity contribution in [3.63, 3.8) is 0 Å². The number of thiocarbonyl (C=S) groups is 1. The van der Waals surface area contributed by atoms with Gasteiger partial charge in [0, 0.05) is 11.1 Å². The lowest BCUT2D eigenvalue weighted by molar-refractivity contribution is -0.856. The van der Waals surface area contributed by atoms with E-state index >= 15 is 0 Å². The number of hydrogen-bond acceptors (Lipinski definition) is 1. The van der Waals surface area contributed by atoms with Gasteiger partial charge in [-0.1, -0.05) is 36.4 Å². The van der Waals surface area contributed by atoms with Gasteiger partial charge in [-0.05, 0) is 23.7 Å². The summed E-state index contributed by atoms with van der Waals surface area (Å²) in [6, 6.07) is 14.5. The van der Waals surface area contributed by atoms with Crippen LogP contribution in [-0.2, 0) is 0 Å². The Morgan fingerprint density at radius 2 is 1.84 bits per heavy atom. The van der Waals surface area contributed by atoms with E-state index in [1.807, 2.05) is 24.3 Å². The third kappa shape index (κ3) is 3.91. The second kappa shape index (κ2) is 6.50. The van der Waals surface area contributed by atoms with Gasteiger partial charge in [-0.15, -0.1) is 0 Å². The molecule has 2 aromatic rings. The van der Waals surface area contributed by atoms with Crippen LogP contribution in [0.3, 0.4) is 0 Å². The Labute approximate surface area is 119 Å². The fraction of sp³-hybridized carbons (Fsp3) is 0.267. The van der Waals surface area contributed by atoms with Crippen LogP contribution < -0.4 is 15.5 Å². The molecule has 0 saturated heterocycles. The fourth-order valence-corrected chi connectivity index (χ4v) is 2.14. The first-order valence-electron chi connectivity index (χ1n) is 6.48. The summed E-state index contributed by atoms with van der Waals surface area (Å²) in [5, 5.41) is 9.58. The minimum Gasteiger partial charge on any atom is -0.357 e. The monoisotopic (exact) mass is 274 g/mol. The van der Waals surface area contributed by atoms with E-state index in [-0.39, 0.29) is 0 Å². The van der Waals surface area contributed by atoms with Crippen LogP contribution in [0.5, 0.6) is 0 Å². The van der Waals surface area contributed by atoms with Crippen molar-refractivity contribution in [1.82, 2.24) is 5.32 Å². The lowest BCUT2D eigenvalue weighted by Gasteiger charge is -2.13. The zero-order valence-corrected chi connectivity index (χ0v) is 12.2. The Balaban J connectivity index is 2.03. The summed E-state index contributed by atoms with van der Waals surface area (Å²) in [4.78, 5) is 1.40. The van der Waals surface area contributed by atoms with E-state index in [0.717, 1.165) is 18.8 Å². The van der Waals surface area contributed by atoms with Crippen molar-refractivity contribution >= 4 is 33.8 Å². The Kier molecular flexibility index (Phi) is 4.71. The first-order valence-corrected chi connectivity index (χ1v) is 6.89. The van der Waals surface area contributed by atoms with Gasteiger partial charge in [0.2, 0.25) is 0 Å². The Hall–Kier alpha value is -1.65. The third-order valence-electron chi connectivity index (χ3n) is 2.95. The summed E-state index contributed by atoms with van der Waals surface area (Å²) >= 11 is 5.32. The van der Waals surface area contributed by atoms with Crippen LogP contribution in [0.4, 0.5) is 5.69 Å². The molecule has 0 unspecified atom stereocenters. The fourth-order valence-electron chi connectivity index (χ4n) is 1.93. The molecule has 0 atom stereocenters. The molecule has 0 heterocycles. The second-order valence-corrected chi connectivity index (χ2v) is 5.27. The summed E-state index contributed by atoms with van der Waals surface area (Å²) in [5.41, 5.74) is 1.05. The van der Waals surface area contributed by atoms with E-state index < -0.39 is 0 Å². The predicted octanol–water partition coefficient (Wildman–Crippen LogP) is 1.27. The van der Waals surface area contributed by atoms with Crippen molar-refractivity contribution in [2.45, 2.75) is 0 Å². The number of nitrogens with one attached hydrogen (secondary N) is 3. The van der Waals surface area contributed by atoms with Crippen molar-refractivity contribution in [2.24, 2.45) is 0 Å². The number of rotatable bonds is 4. The summed E-state index contributed by atoms with van der Waals surface area (Å²) in [5.74, 6) is 0. The summed E-state index contributed by atoms with van der Waals surface area (Å²) in [6.07, 6.45) is 0. The molecule has 2 rings (SSSR count). The molecule has 19 heavy (non-hydrogen) atoms. The molecular weight excluding hydrogens is 254 g/mol. The molecule has 0 fully saturated rings. The molecule has 0 aliphatic heterocycles. The number of quaternary nitrogens is 1. The van der Waals surface area contributed by atoms with E-state index in [1.165, 1.54) is 15.7 Å². The number of likely N-dealkylation sites (N-methyl/N-ethyl adjacent to an activating group) is 1. The SMILES string of the molecule is C[NH+](C)CCNC(=S)Nc1cccc2ccccc12. The molecule has 3 nitrogen and oxygen atoms in total. The van der Waals surface area contributed by atoms with Crippen molar-refractivity contribution in [3.8, 4) is 0 Å². The maximum atomic E-state index is 5.32. The van der Waals surface area contributed by atoms with Gasteiger partial charge < -0.3 is 15.5 Å². The number of hydrogen-bond donors (Lipinski definition) is 3. The molecular formula is C15H20N3S+. The molecule has 0 bridgehead atoms. The average molecular weight is 274 g/mol. The van der Waals surface area contributed by atoms with Crippen molar-refractivity contribution in [2.75, 3.05) is 32.5 Å². The predicted molar refractivity (Wildman–Crippen MR) is 85.8 cm³/mol. The van der Waals surface area contributed by atoms with Gasteiger partial charge >= 0.3 is 0 Å². The number of anilines is 1. The van der Waals surface area contributed by atoms with Crippen LogP contribution in [0, 0.1) is 0 Å². The normalized spacial score (nSPS) is 10.7. The van der Waals surface area contributed by atoms with Gasteiger partial charge in [-0.3, -0.25) is 0 Å². The van der Waals surface area contributed by atoms with Crippen LogP contribution >= 0.6 is 12.2 Å². The van der Waals surface area contributed by atoms with Crippen LogP contribution in [-0.4, -0.2) is 32.3 Å². The van der Waals surface area contributed by atoms with Gasteiger partial charge in [0.1, 0.15) is 0 Å². The van der Waals surface area contributed by atoms with E-state index in [1.54, 1.807) is 0 Å². The van der Waals surface area contributed by atoms with Gasteiger partial charge in [-0.2, -0.15) is 0 Å². The highest BCUT2D eigenvalue weighted by atomic mass is 32.1. The Morgan fingerprint density at radius 3 is 2.63 bits per heavy atom. The van der Waals surface area contributed by atoms with Crippen LogP contribution in [0.1, 0.15) is 0 Å². The highest BCUT2D eigenvalue weighted by Crippen LogP contribution is 2.22. The average Bonchev–Trinajstić information content (AvgIpc) is 2.39. The lowest BCUT2D eigenvalue weighted by Crippen LogP contribution is -3.06. The summed E-state index contributed by atoms with van der Waals surface area (Å²) in [6.45, 7) is 1.91. The Bertz CT molecular complexity index is 561. The van der Waals surface area contributed by atoms with Crippen molar-refractivity contribution in [1.29, 1.82) is 0 Å². The topological polar surface area (TPSA) is 28.5 Å². The number of benzene rings is 2. The van der Waals surface area contributed by atoms with Crippen molar-refractivity contribution in [3.05, 3.63) is 42.5 Å². The van der Waals surface area contributed by atoms with Crippen molar-refractivity contribution < 1.29 is 4.90 Å². The van der Waals surface area contributed by atoms with Crippen LogP contribution in [0.15, 0.2) is 42.5 Å². The zero-order chi connectivity index (χ0) is 13.7. The molecule has 0 aliphatic rings. The van der Waals surface area contributed by atoms with E-state index in [0.29, 0.717) is 5.11 Å². The molecule has 3 N–H and O–H groups in total. The Morgan fingerprint density at radius 1 is 1.11 bits per heavy atom. The maximum Gasteiger partial charge on any atom is 0.171 e. The minimum atomic E-state index is 0.678. The first-order chi connectivity index (χ1) is 9.16. The molecule has 0 aromatic heterocycles. The molecule has 0 aliphatic carbocycles. The molecule has 0 amide bonds. The van der Waals surface area contributed by atoms with E-state index in [2.05, 4.69) is 42.9 Å². The first kappa shape index (κ1) is 13.8. The standard InChI is InChI=1S/C15H19N3S/c1-18(2)11-10-16-15(19)17-14-9-5-7-12-6-3-4-8-13(12)14/h3-9H,10-11H2,1-2H3,(H2,16,17,19)/p+1. The minimum absolute atomic E-state index is 0.678. The lowest BCUT2D eigenvalue weighted by atomic mass is 10.1. The number of fused-ring (bicyclic) bond motifs is 1. The molecule has 4 heteroatoms.